The molecule has 0 aliphatic carbocycles. The van der Waals surface area contributed by atoms with Crippen LogP contribution in [0.1, 0.15) is 0 Å². The van der Waals surface area contributed by atoms with E-state index in [0.717, 1.165) is 5.32 Å². The second-order valence-corrected chi connectivity index (χ2v) is 4.84. The van der Waals surface area contributed by atoms with Crippen molar-refractivity contribution in [1.82, 2.24) is 4.98 Å². The van der Waals surface area contributed by atoms with E-state index in [2.05, 4.69) is 18.1 Å². The van der Waals surface area contributed by atoms with Gasteiger partial charge in [-0.2, -0.15) is 0 Å². The Balaban J connectivity index is 2.90. The predicted molar refractivity (Wildman–Crippen MR) is 51.4 cm³/mol. The molecule has 0 aromatic carbocycles. The first-order chi connectivity index (χ1) is 5.38. The Kier molecular flexibility index (Phi) is 2.80. The fraction of sp³-hybridized carbons (Fsp3) is 0. The maximum absolute atomic E-state index is 4.24. The van der Waals surface area contributed by atoms with Crippen LogP contribution < -0.4 is 5.32 Å². The Morgan fingerprint density at radius 2 is 2.00 bits per heavy atom. The van der Waals surface area contributed by atoms with Crippen LogP contribution in [0.3, 0.4) is 0 Å². The van der Waals surface area contributed by atoms with Gasteiger partial charge in [0.15, 0.2) is 0 Å². The largest absolute Gasteiger partial charge is 0.266 e. The van der Waals surface area contributed by atoms with E-state index in [0.29, 0.717) is 0 Å². The predicted octanol–water partition coefficient (Wildman–Crippen LogP) is 0.966. The Labute approximate surface area is 68.7 Å². The van der Waals surface area contributed by atoms with Crippen LogP contribution in [0, 0.1) is 0 Å². The van der Waals surface area contributed by atoms with Gasteiger partial charge in [-0.05, 0) is 12.1 Å². The molecule has 56 valence electrons. The summed E-state index contributed by atoms with van der Waals surface area (Å²) in [6.45, 7) is 7.52. The van der Waals surface area contributed by atoms with Crippen molar-refractivity contribution in [3.8, 4) is 0 Å². The molecule has 0 aliphatic heterocycles. The number of aromatic nitrogens is 1. The van der Waals surface area contributed by atoms with E-state index in [-0.39, 0.29) is 0 Å². The highest BCUT2D eigenvalue weighted by Gasteiger charge is 2.03. The van der Waals surface area contributed by atoms with Crippen LogP contribution in [0.25, 0.3) is 0 Å². The lowest BCUT2D eigenvalue weighted by Gasteiger charge is -2.01. The van der Waals surface area contributed by atoms with Crippen LogP contribution in [-0.4, -0.2) is 13.8 Å². The molecule has 0 saturated carbocycles. The van der Waals surface area contributed by atoms with Crippen LogP contribution in [0.2, 0.25) is 0 Å². The molecule has 0 unspecified atom stereocenters. The summed E-state index contributed by atoms with van der Waals surface area (Å²) in [5, 5.41) is 1.14. The van der Waals surface area contributed by atoms with E-state index >= 15 is 0 Å². The first-order valence-electron chi connectivity index (χ1n) is 3.54. The summed E-state index contributed by atoms with van der Waals surface area (Å²) in [6, 6.07) is 5.94. The van der Waals surface area contributed by atoms with Crippen molar-refractivity contribution in [2.24, 2.45) is 0 Å². The summed E-state index contributed by atoms with van der Waals surface area (Å²) in [5.41, 5.74) is 3.94. The number of hydrogen-bond donors (Lipinski definition) is 0. The van der Waals surface area contributed by atoms with Crippen molar-refractivity contribution >= 4 is 14.1 Å². The van der Waals surface area contributed by atoms with Crippen molar-refractivity contribution in [3.63, 3.8) is 0 Å². The lowest BCUT2D eigenvalue weighted by molar-refractivity contribution is 1.38. The molecule has 1 rings (SSSR count). The van der Waals surface area contributed by atoms with Crippen LogP contribution in [0.4, 0.5) is 0 Å². The zero-order valence-corrected chi connectivity index (χ0v) is 7.56. The normalized spacial score (nSPS) is 9.55. The van der Waals surface area contributed by atoms with Gasteiger partial charge in [0.05, 0.1) is 0 Å². The highest BCUT2D eigenvalue weighted by molar-refractivity contribution is 6.81. The standard InChI is InChI=1S/C9H11NSi/c1-3-11(4-2)9-7-5-6-8-10-9/h3-8,11H,1-2H2. The van der Waals surface area contributed by atoms with Crippen LogP contribution in [-0.2, 0) is 0 Å². The van der Waals surface area contributed by atoms with Gasteiger partial charge in [0.25, 0.3) is 0 Å². The van der Waals surface area contributed by atoms with Gasteiger partial charge >= 0.3 is 0 Å². The van der Waals surface area contributed by atoms with Gasteiger partial charge in [0.2, 0.25) is 0 Å². The Bertz CT molecular complexity index is 235. The number of pyridine rings is 1. The van der Waals surface area contributed by atoms with Gasteiger partial charge in [-0.3, -0.25) is 4.98 Å². The first kappa shape index (κ1) is 7.95. The van der Waals surface area contributed by atoms with Crippen molar-refractivity contribution in [2.45, 2.75) is 0 Å². The van der Waals surface area contributed by atoms with Crippen LogP contribution >= 0.6 is 0 Å². The Morgan fingerprint density at radius 1 is 1.27 bits per heavy atom. The van der Waals surface area contributed by atoms with Gasteiger partial charge in [-0.25, -0.2) is 0 Å². The third kappa shape index (κ3) is 1.88. The molecular weight excluding hydrogens is 150 g/mol. The van der Waals surface area contributed by atoms with Gasteiger partial charge < -0.3 is 0 Å². The molecule has 0 amide bonds. The lowest BCUT2D eigenvalue weighted by Crippen LogP contribution is -2.28. The molecule has 1 aromatic rings. The summed E-state index contributed by atoms with van der Waals surface area (Å²) in [4.78, 5) is 4.24. The Hall–Kier alpha value is -1.15. The number of rotatable bonds is 3. The van der Waals surface area contributed by atoms with E-state index < -0.39 is 8.80 Å². The maximum Gasteiger partial charge on any atom is 0.140 e. The second kappa shape index (κ2) is 3.88. The molecule has 0 aliphatic rings. The van der Waals surface area contributed by atoms with Crippen LogP contribution in [0.15, 0.2) is 49.0 Å². The van der Waals surface area contributed by atoms with Crippen molar-refractivity contribution in [1.29, 1.82) is 0 Å². The maximum atomic E-state index is 4.24. The number of nitrogens with zero attached hydrogens (tertiary/aromatic N) is 1. The molecule has 0 saturated heterocycles. The smallest absolute Gasteiger partial charge is 0.140 e. The summed E-state index contributed by atoms with van der Waals surface area (Å²) in [6.07, 6.45) is 1.81. The number of hydrogen-bond acceptors (Lipinski definition) is 1. The topological polar surface area (TPSA) is 12.9 Å². The molecule has 0 bridgehead atoms. The lowest BCUT2D eigenvalue weighted by atomic mass is 10.5. The molecule has 0 spiro atoms. The fourth-order valence-corrected chi connectivity index (χ4v) is 2.18. The monoisotopic (exact) mass is 161 g/mol. The van der Waals surface area contributed by atoms with Crippen LogP contribution in [0.5, 0.6) is 0 Å². The summed E-state index contributed by atoms with van der Waals surface area (Å²) in [7, 11) is -1.13. The molecule has 0 radical (unpaired) electrons. The molecule has 1 nitrogen and oxygen atoms in total. The fourth-order valence-electron chi connectivity index (χ4n) is 0.911. The minimum atomic E-state index is -1.13. The van der Waals surface area contributed by atoms with E-state index in [1.54, 1.807) is 0 Å². The minimum Gasteiger partial charge on any atom is -0.266 e. The molecule has 0 atom stereocenters. The third-order valence-corrected chi connectivity index (χ3v) is 3.58. The molecule has 1 aromatic heterocycles. The van der Waals surface area contributed by atoms with Crippen molar-refractivity contribution in [3.05, 3.63) is 49.0 Å². The van der Waals surface area contributed by atoms with E-state index in [9.17, 15) is 0 Å². The molecular formula is C9H11NSi. The summed E-state index contributed by atoms with van der Waals surface area (Å²) in [5.74, 6) is 0. The molecule has 11 heavy (non-hydrogen) atoms. The van der Waals surface area contributed by atoms with E-state index in [4.69, 9.17) is 0 Å². The minimum absolute atomic E-state index is 1.13. The Morgan fingerprint density at radius 3 is 2.45 bits per heavy atom. The molecule has 1 heterocycles. The van der Waals surface area contributed by atoms with Gasteiger partial charge in [-0.1, -0.05) is 17.5 Å². The van der Waals surface area contributed by atoms with E-state index in [1.807, 2.05) is 35.8 Å². The highest BCUT2D eigenvalue weighted by Crippen LogP contribution is 1.86. The zero-order chi connectivity index (χ0) is 8.10. The first-order valence-corrected chi connectivity index (χ1v) is 5.45. The van der Waals surface area contributed by atoms with Gasteiger partial charge in [-0.15, -0.1) is 13.2 Å². The van der Waals surface area contributed by atoms with Crippen molar-refractivity contribution in [2.75, 3.05) is 0 Å². The molecule has 0 fully saturated rings. The van der Waals surface area contributed by atoms with Crippen molar-refractivity contribution < 1.29 is 0 Å². The quantitative estimate of drug-likeness (QED) is 0.602. The van der Waals surface area contributed by atoms with Gasteiger partial charge in [0, 0.05) is 11.5 Å². The summed E-state index contributed by atoms with van der Waals surface area (Å²) < 4.78 is 0. The summed E-state index contributed by atoms with van der Waals surface area (Å²) >= 11 is 0. The van der Waals surface area contributed by atoms with Gasteiger partial charge in [0.1, 0.15) is 8.80 Å². The highest BCUT2D eigenvalue weighted by atomic mass is 28.3. The second-order valence-electron chi connectivity index (χ2n) is 2.25. The average Bonchev–Trinajstić information content (AvgIpc) is 2.09. The molecule has 0 N–H and O–H groups in total. The third-order valence-electron chi connectivity index (χ3n) is 1.54. The van der Waals surface area contributed by atoms with E-state index in [1.165, 1.54) is 0 Å². The average molecular weight is 161 g/mol. The molecule has 2 heteroatoms. The SMILES string of the molecule is C=C[SiH](C=C)c1ccccn1. The zero-order valence-electron chi connectivity index (χ0n) is 6.40.